The lowest BCUT2D eigenvalue weighted by atomic mass is 10.1. The van der Waals surface area contributed by atoms with E-state index in [1.165, 1.54) is 11.6 Å². The van der Waals surface area contributed by atoms with Crippen LogP contribution in [0.15, 0.2) is 48.5 Å². The topological polar surface area (TPSA) is 81.5 Å². The maximum atomic E-state index is 12.0. The molecule has 0 aliphatic heterocycles. The summed E-state index contributed by atoms with van der Waals surface area (Å²) in [5, 5.41) is 13.8. The third-order valence-corrected chi connectivity index (χ3v) is 3.74. The van der Waals surface area contributed by atoms with Crippen LogP contribution in [-0.4, -0.2) is 24.0 Å². The zero-order valence-corrected chi connectivity index (χ0v) is 14.2. The number of carbonyl (C=O) groups is 1. The molecular weight excluding hydrogens is 320 g/mol. The largest absolute Gasteiger partial charge is 0.494 e. The summed E-state index contributed by atoms with van der Waals surface area (Å²) in [7, 11) is 0. The Hall–Kier alpha value is -2.89. The number of amides is 1. The normalized spacial score (nSPS) is 10.3. The van der Waals surface area contributed by atoms with Crippen molar-refractivity contribution >= 4 is 11.6 Å². The summed E-state index contributed by atoms with van der Waals surface area (Å²) in [6.07, 6.45) is 1.66. The Morgan fingerprint density at radius 3 is 2.56 bits per heavy atom. The van der Waals surface area contributed by atoms with Crippen LogP contribution in [0.5, 0.6) is 5.75 Å². The monoisotopic (exact) mass is 342 g/mol. The predicted molar refractivity (Wildman–Crippen MR) is 95.7 cm³/mol. The maximum Gasteiger partial charge on any atom is 0.273 e. The van der Waals surface area contributed by atoms with Gasteiger partial charge in [0.15, 0.2) is 0 Å². The first-order valence-electron chi connectivity index (χ1n) is 8.31. The zero-order valence-electron chi connectivity index (χ0n) is 14.2. The molecule has 1 N–H and O–H groups in total. The van der Waals surface area contributed by atoms with Crippen molar-refractivity contribution in [1.82, 2.24) is 5.32 Å². The number of nitrogens with zero attached hydrogens (tertiary/aromatic N) is 1. The van der Waals surface area contributed by atoms with Crippen molar-refractivity contribution in [3.63, 3.8) is 0 Å². The molecule has 2 aromatic carbocycles. The molecule has 0 bridgehead atoms. The molecule has 0 aliphatic rings. The number of carbonyl (C=O) groups excluding carboxylic acids is 1. The standard InChI is InChI=1S/C19H22N2O4/c1-2-25-17-11-9-15(10-12-17)6-5-13-20-19(22)14-16-7-3-4-8-18(16)21(23)24/h3-4,7-12H,2,5-6,13-14H2,1H3,(H,20,22). The van der Waals surface area contributed by atoms with E-state index in [1.54, 1.807) is 18.2 Å². The second-order valence-electron chi connectivity index (χ2n) is 5.59. The first-order chi connectivity index (χ1) is 12.1. The van der Waals surface area contributed by atoms with E-state index in [9.17, 15) is 14.9 Å². The molecule has 132 valence electrons. The number of rotatable bonds is 9. The highest BCUT2D eigenvalue weighted by Gasteiger charge is 2.14. The van der Waals surface area contributed by atoms with E-state index in [2.05, 4.69) is 5.32 Å². The van der Waals surface area contributed by atoms with Gasteiger partial charge in [-0.05, 0) is 37.5 Å². The van der Waals surface area contributed by atoms with Gasteiger partial charge in [-0.2, -0.15) is 0 Å². The summed E-state index contributed by atoms with van der Waals surface area (Å²) < 4.78 is 5.40. The molecule has 0 spiro atoms. The molecule has 6 nitrogen and oxygen atoms in total. The number of nitro groups is 1. The van der Waals surface area contributed by atoms with E-state index in [0.29, 0.717) is 18.7 Å². The molecule has 0 aliphatic carbocycles. The van der Waals surface area contributed by atoms with Crippen molar-refractivity contribution in [2.75, 3.05) is 13.2 Å². The fourth-order valence-electron chi connectivity index (χ4n) is 2.51. The summed E-state index contributed by atoms with van der Waals surface area (Å²) in [5.74, 6) is 0.644. The summed E-state index contributed by atoms with van der Waals surface area (Å²) in [5.41, 5.74) is 1.58. The number of hydrogen-bond acceptors (Lipinski definition) is 4. The van der Waals surface area contributed by atoms with Gasteiger partial charge >= 0.3 is 0 Å². The Morgan fingerprint density at radius 1 is 1.16 bits per heavy atom. The molecule has 0 saturated carbocycles. The Labute approximate surface area is 147 Å². The van der Waals surface area contributed by atoms with Gasteiger partial charge in [-0.3, -0.25) is 14.9 Å². The van der Waals surface area contributed by atoms with E-state index in [4.69, 9.17) is 4.74 Å². The van der Waals surface area contributed by atoms with Crippen LogP contribution in [0.2, 0.25) is 0 Å². The van der Waals surface area contributed by atoms with E-state index in [0.717, 1.165) is 18.6 Å². The lowest BCUT2D eigenvalue weighted by Crippen LogP contribution is -2.26. The number of aryl methyl sites for hydroxylation is 1. The number of hydrogen-bond donors (Lipinski definition) is 1. The second kappa shape index (κ2) is 9.42. The lowest BCUT2D eigenvalue weighted by Gasteiger charge is -2.07. The van der Waals surface area contributed by atoms with Crippen molar-refractivity contribution < 1.29 is 14.5 Å². The Bertz CT molecular complexity index is 714. The lowest BCUT2D eigenvalue weighted by molar-refractivity contribution is -0.385. The quantitative estimate of drug-likeness (QED) is 0.431. The first-order valence-corrected chi connectivity index (χ1v) is 8.31. The molecule has 0 unspecified atom stereocenters. The molecule has 0 fully saturated rings. The maximum absolute atomic E-state index is 12.0. The Kier molecular flexibility index (Phi) is 6.95. The first kappa shape index (κ1) is 18.4. The number of ether oxygens (including phenoxy) is 1. The van der Waals surface area contributed by atoms with Crippen molar-refractivity contribution in [1.29, 1.82) is 0 Å². The molecule has 0 heterocycles. The SMILES string of the molecule is CCOc1ccc(CCCNC(=O)Cc2ccccc2[N+](=O)[O-])cc1. The smallest absolute Gasteiger partial charge is 0.273 e. The van der Waals surface area contributed by atoms with E-state index in [1.807, 2.05) is 31.2 Å². The molecule has 0 radical (unpaired) electrons. The molecular formula is C19H22N2O4. The van der Waals surface area contributed by atoms with Crippen LogP contribution in [0, 0.1) is 10.1 Å². The molecule has 0 saturated heterocycles. The summed E-state index contributed by atoms with van der Waals surface area (Å²) in [6.45, 7) is 3.12. The molecule has 2 rings (SSSR count). The zero-order chi connectivity index (χ0) is 18.1. The van der Waals surface area contributed by atoms with Crippen LogP contribution in [-0.2, 0) is 17.6 Å². The minimum Gasteiger partial charge on any atom is -0.494 e. The molecule has 1 amide bonds. The molecule has 0 aromatic heterocycles. The van der Waals surface area contributed by atoms with E-state index < -0.39 is 4.92 Å². The van der Waals surface area contributed by atoms with E-state index >= 15 is 0 Å². The minimum atomic E-state index is -0.464. The van der Waals surface area contributed by atoms with Gasteiger partial charge in [0.1, 0.15) is 5.75 Å². The van der Waals surface area contributed by atoms with Gasteiger partial charge in [0, 0.05) is 18.2 Å². The highest BCUT2D eigenvalue weighted by molar-refractivity contribution is 5.79. The van der Waals surface area contributed by atoms with Crippen LogP contribution >= 0.6 is 0 Å². The minimum absolute atomic E-state index is 0.0141. The number of nitro benzene ring substituents is 1. The van der Waals surface area contributed by atoms with Crippen LogP contribution < -0.4 is 10.1 Å². The number of nitrogens with one attached hydrogen (secondary N) is 1. The van der Waals surface area contributed by atoms with Crippen molar-refractivity contribution in [3.8, 4) is 5.75 Å². The van der Waals surface area contributed by atoms with Crippen molar-refractivity contribution in [2.45, 2.75) is 26.2 Å². The van der Waals surface area contributed by atoms with Crippen LogP contribution in [0.3, 0.4) is 0 Å². The fraction of sp³-hybridized carbons (Fsp3) is 0.316. The highest BCUT2D eigenvalue weighted by Crippen LogP contribution is 2.18. The number of para-hydroxylation sites is 1. The Morgan fingerprint density at radius 2 is 1.88 bits per heavy atom. The Balaban J connectivity index is 1.75. The average molecular weight is 342 g/mol. The van der Waals surface area contributed by atoms with Gasteiger partial charge in [0.25, 0.3) is 5.69 Å². The highest BCUT2D eigenvalue weighted by atomic mass is 16.6. The molecule has 0 atom stereocenters. The third kappa shape index (κ3) is 5.91. The van der Waals surface area contributed by atoms with Gasteiger partial charge in [-0.1, -0.05) is 30.3 Å². The van der Waals surface area contributed by atoms with Gasteiger partial charge in [0.05, 0.1) is 18.0 Å². The molecule has 6 heteroatoms. The van der Waals surface area contributed by atoms with Crippen molar-refractivity contribution in [3.05, 3.63) is 69.8 Å². The summed E-state index contributed by atoms with van der Waals surface area (Å²) in [6, 6.07) is 14.2. The predicted octanol–water partition coefficient (Wildman–Crippen LogP) is 3.29. The van der Waals surface area contributed by atoms with Gasteiger partial charge < -0.3 is 10.1 Å². The van der Waals surface area contributed by atoms with Gasteiger partial charge in [0.2, 0.25) is 5.91 Å². The van der Waals surface area contributed by atoms with Crippen molar-refractivity contribution in [2.24, 2.45) is 0 Å². The molecule has 25 heavy (non-hydrogen) atoms. The van der Waals surface area contributed by atoms with Crippen LogP contribution in [0.1, 0.15) is 24.5 Å². The van der Waals surface area contributed by atoms with Crippen LogP contribution in [0.4, 0.5) is 5.69 Å². The molecule has 2 aromatic rings. The average Bonchev–Trinajstić information content (AvgIpc) is 2.60. The third-order valence-electron chi connectivity index (χ3n) is 3.74. The fourth-order valence-corrected chi connectivity index (χ4v) is 2.51. The van der Waals surface area contributed by atoms with Gasteiger partial charge in [-0.15, -0.1) is 0 Å². The second-order valence-corrected chi connectivity index (χ2v) is 5.59. The van der Waals surface area contributed by atoms with E-state index in [-0.39, 0.29) is 18.0 Å². The van der Waals surface area contributed by atoms with Crippen LogP contribution in [0.25, 0.3) is 0 Å². The van der Waals surface area contributed by atoms with Gasteiger partial charge in [-0.25, -0.2) is 0 Å². The summed E-state index contributed by atoms with van der Waals surface area (Å²) in [4.78, 5) is 22.5. The summed E-state index contributed by atoms with van der Waals surface area (Å²) >= 11 is 0. The number of benzene rings is 2.